The van der Waals surface area contributed by atoms with E-state index >= 15 is 0 Å². The van der Waals surface area contributed by atoms with Crippen molar-refractivity contribution < 1.29 is 9.59 Å². The summed E-state index contributed by atoms with van der Waals surface area (Å²) < 4.78 is 0. The first-order valence-corrected chi connectivity index (χ1v) is 10.4. The van der Waals surface area contributed by atoms with Crippen LogP contribution in [0.25, 0.3) is 0 Å². The maximum Gasteiger partial charge on any atom is 0.247 e. The normalized spacial score (nSPS) is 15.2. The highest BCUT2D eigenvalue weighted by molar-refractivity contribution is 6.27. The lowest BCUT2D eigenvalue weighted by Crippen LogP contribution is -2.46. The molecule has 5 heteroatoms. The highest BCUT2D eigenvalue weighted by Crippen LogP contribution is 2.26. The zero-order chi connectivity index (χ0) is 19.9. The van der Waals surface area contributed by atoms with Crippen molar-refractivity contribution in [2.45, 2.75) is 51.2 Å². The molecule has 0 heterocycles. The Labute approximate surface area is 171 Å². The van der Waals surface area contributed by atoms with Gasteiger partial charge in [0.25, 0.3) is 0 Å². The number of alkyl halides is 1. The molecule has 0 radical (unpaired) electrons. The Morgan fingerprint density at radius 3 is 2.32 bits per heavy atom. The number of amides is 2. The Balaban J connectivity index is 1.93. The van der Waals surface area contributed by atoms with Gasteiger partial charge in [-0.05, 0) is 30.9 Å². The molecular weight excluding hydrogens is 372 g/mol. The third kappa shape index (κ3) is 5.14. The number of hydrogen-bond donors (Lipinski definition) is 1. The minimum atomic E-state index is -0.701. The highest BCUT2D eigenvalue weighted by atomic mass is 35.5. The summed E-state index contributed by atoms with van der Waals surface area (Å²) in [7, 11) is 0. The van der Waals surface area contributed by atoms with E-state index in [9.17, 15) is 9.59 Å². The summed E-state index contributed by atoms with van der Waals surface area (Å²) in [5, 5.41) is 3.16. The van der Waals surface area contributed by atoms with Crippen molar-refractivity contribution in [2.75, 3.05) is 5.88 Å². The van der Waals surface area contributed by atoms with Crippen molar-refractivity contribution in [1.29, 1.82) is 0 Å². The maximum absolute atomic E-state index is 13.3. The van der Waals surface area contributed by atoms with Crippen molar-refractivity contribution in [2.24, 2.45) is 0 Å². The third-order valence-electron chi connectivity index (χ3n) is 5.29. The van der Waals surface area contributed by atoms with Gasteiger partial charge in [0.2, 0.25) is 11.8 Å². The lowest BCUT2D eigenvalue weighted by Gasteiger charge is -2.32. The number of rotatable bonds is 7. The number of aryl methyl sites for hydroxylation is 1. The molecule has 0 bridgehead atoms. The van der Waals surface area contributed by atoms with Gasteiger partial charge in [0.05, 0.1) is 0 Å². The van der Waals surface area contributed by atoms with Crippen LogP contribution in [0.2, 0.25) is 0 Å². The SMILES string of the molecule is Cc1ccc([C@H](C(=O)NC2CCCC2)N(Cc2ccccc2)C(=O)CCl)cc1. The zero-order valence-electron chi connectivity index (χ0n) is 16.2. The van der Waals surface area contributed by atoms with Crippen LogP contribution >= 0.6 is 11.6 Å². The van der Waals surface area contributed by atoms with E-state index in [1.165, 1.54) is 0 Å². The van der Waals surface area contributed by atoms with Crippen molar-refractivity contribution in [3.63, 3.8) is 0 Å². The van der Waals surface area contributed by atoms with E-state index in [1.54, 1.807) is 4.90 Å². The number of halogens is 1. The van der Waals surface area contributed by atoms with Crippen LogP contribution in [0.15, 0.2) is 54.6 Å². The topological polar surface area (TPSA) is 49.4 Å². The first-order chi connectivity index (χ1) is 13.6. The molecular formula is C23H27ClN2O2. The van der Waals surface area contributed by atoms with Crippen LogP contribution in [0.4, 0.5) is 0 Å². The van der Waals surface area contributed by atoms with Crippen LogP contribution in [0, 0.1) is 6.92 Å². The average molecular weight is 399 g/mol. The number of nitrogens with zero attached hydrogens (tertiary/aromatic N) is 1. The molecule has 1 aliphatic carbocycles. The summed E-state index contributed by atoms with van der Waals surface area (Å²) in [5.74, 6) is -0.547. The standard InChI is InChI=1S/C23H27ClN2O2/c1-17-11-13-19(14-12-17)22(23(28)25-20-9-5-6-10-20)26(21(27)15-24)16-18-7-3-2-4-8-18/h2-4,7-8,11-14,20,22H,5-6,9-10,15-16H2,1H3,(H,25,28)/t22-/m1/s1. The lowest BCUT2D eigenvalue weighted by atomic mass is 10.0. The molecule has 2 aromatic carbocycles. The molecule has 1 fully saturated rings. The summed E-state index contributed by atoms with van der Waals surface area (Å²) in [4.78, 5) is 27.6. The first kappa shape index (κ1) is 20.4. The Bertz CT molecular complexity index is 786. The molecule has 1 N–H and O–H groups in total. The number of benzene rings is 2. The summed E-state index contributed by atoms with van der Waals surface area (Å²) >= 11 is 5.92. The van der Waals surface area contributed by atoms with Crippen molar-refractivity contribution >= 4 is 23.4 Å². The van der Waals surface area contributed by atoms with Gasteiger partial charge in [-0.2, -0.15) is 0 Å². The largest absolute Gasteiger partial charge is 0.351 e. The molecule has 0 aliphatic heterocycles. The molecule has 0 unspecified atom stereocenters. The van der Waals surface area contributed by atoms with Crippen LogP contribution in [0.5, 0.6) is 0 Å². The molecule has 0 aromatic heterocycles. The molecule has 3 rings (SSSR count). The fourth-order valence-electron chi connectivity index (χ4n) is 3.75. The first-order valence-electron chi connectivity index (χ1n) is 9.85. The van der Waals surface area contributed by atoms with E-state index in [0.29, 0.717) is 6.54 Å². The molecule has 2 aromatic rings. The van der Waals surface area contributed by atoms with Crippen molar-refractivity contribution in [3.8, 4) is 0 Å². The molecule has 28 heavy (non-hydrogen) atoms. The predicted molar refractivity (Wildman–Crippen MR) is 112 cm³/mol. The molecule has 0 saturated heterocycles. The molecule has 148 valence electrons. The zero-order valence-corrected chi connectivity index (χ0v) is 17.0. The van der Waals surface area contributed by atoms with Crippen LogP contribution in [0.3, 0.4) is 0 Å². The Morgan fingerprint density at radius 1 is 1.07 bits per heavy atom. The van der Waals surface area contributed by atoms with E-state index < -0.39 is 6.04 Å². The Hall–Kier alpha value is -2.33. The quantitative estimate of drug-likeness (QED) is 0.704. The highest BCUT2D eigenvalue weighted by Gasteiger charge is 2.32. The number of hydrogen-bond acceptors (Lipinski definition) is 2. The summed E-state index contributed by atoms with van der Waals surface area (Å²) in [6.07, 6.45) is 4.26. The van der Waals surface area contributed by atoms with Crippen molar-refractivity contribution in [1.82, 2.24) is 10.2 Å². The van der Waals surface area contributed by atoms with Gasteiger partial charge in [0.15, 0.2) is 0 Å². The van der Waals surface area contributed by atoms with Gasteiger partial charge in [-0.15, -0.1) is 11.6 Å². The number of carbonyl (C=O) groups is 2. The summed E-state index contributed by atoms with van der Waals surface area (Å²) in [6.45, 7) is 2.34. The van der Waals surface area contributed by atoms with Crippen LogP contribution in [0.1, 0.15) is 48.4 Å². The molecule has 0 spiro atoms. The second kappa shape index (κ2) is 9.74. The van der Waals surface area contributed by atoms with Crippen LogP contribution in [-0.2, 0) is 16.1 Å². The van der Waals surface area contributed by atoms with Crippen molar-refractivity contribution in [3.05, 3.63) is 71.3 Å². The van der Waals surface area contributed by atoms with E-state index in [2.05, 4.69) is 5.32 Å². The summed E-state index contributed by atoms with van der Waals surface area (Å²) in [5.41, 5.74) is 2.87. The second-order valence-corrected chi connectivity index (χ2v) is 7.71. The third-order valence-corrected chi connectivity index (χ3v) is 5.51. The van der Waals surface area contributed by atoms with Gasteiger partial charge >= 0.3 is 0 Å². The molecule has 1 saturated carbocycles. The second-order valence-electron chi connectivity index (χ2n) is 7.44. The predicted octanol–water partition coefficient (Wildman–Crippen LogP) is 4.36. The minimum Gasteiger partial charge on any atom is -0.351 e. The summed E-state index contributed by atoms with van der Waals surface area (Å²) in [6, 6.07) is 17.0. The van der Waals surface area contributed by atoms with Gasteiger partial charge in [-0.25, -0.2) is 0 Å². The average Bonchev–Trinajstić information content (AvgIpc) is 3.22. The molecule has 2 amide bonds. The number of nitrogens with one attached hydrogen (secondary N) is 1. The maximum atomic E-state index is 13.3. The minimum absolute atomic E-state index is 0.134. The van der Waals surface area contributed by atoms with E-state index in [1.807, 2.05) is 61.5 Å². The van der Waals surface area contributed by atoms with E-state index in [-0.39, 0.29) is 23.7 Å². The fraction of sp³-hybridized carbons (Fsp3) is 0.391. The fourth-order valence-corrected chi connectivity index (χ4v) is 3.91. The molecule has 1 aliphatic rings. The monoisotopic (exact) mass is 398 g/mol. The van der Waals surface area contributed by atoms with Gasteiger partial charge in [-0.3, -0.25) is 9.59 Å². The van der Waals surface area contributed by atoms with Gasteiger partial charge in [0.1, 0.15) is 11.9 Å². The molecule has 4 nitrogen and oxygen atoms in total. The van der Waals surface area contributed by atoms with Crippen LogP contribution in [-0.4, -0.2) is 28.6 Å². The van der Waals surface area contributed by atoms with Crippen LogP contribution < -0.4 is 5.32 Å². The van der Waals surface area contributed by atoms with E-state index in [4.69, 9.17) is 11.6 Å². The Kier molecular flexibility index (Phi) is 7.10. The number of carbonyl (C=O) groups excluding carboxylic acids is 2. The Morgan fingerprint density at radius 2 is 1.71 bits per heavy atom. The lowest BCUT2D eigenvalue weighted by molar-refractivity contribution is -0.140. The smallest absolute Gasteiger partial charge is 0.247 e. The van der Waals surface area contributed by atoms with Gasteiger partial charge in [-0.1, -0.05) is 73.0 Å². The van der Waals surface area contributed by atoms with Gasteiger partial charge < -0.3 is 10.2 Å². The van der Waals surface area contributed by atoms with E-state index in [0.717, 1.165) is 42.4 Å². The molecule has 1 atom stereocenters. The van der Waals surface area contributed by atoms with Gasteiger partial charge in [0, 0.05) is 12.6 Å².